The Morgan fingerprint density at radius 2 is 1.87 bits per heavy atom. The van der Waals surface area contributed by atoms with Crippen LogP contribution in [0.15, 0.2) is 48.1 Å². The highest BCUT2D eigenvalue weighted by molar-refractivity contribution is 6.36. The minimum absolute atomic E-state index is 0.0542. The van der Waals surface area contributed by atoms with Crippen molar-refractivity contribution < 1.29 is 14.5 Å². The highest BCUT2D eigenvalue weighted by Gasteiger charge is 2.28. The number of nitrogens with two attached hydrogens (primary N) is 1. The van der Waals surface area contributed by atoms with Gasteiger partial charge in [0.25, 0.3) is 0 Å². The summed E-state index contributed by atoms with van der Waals surface area (Å²) in [7, 11) is 0. The van der Waals surface area contributed by atoms with E-state index in [1.165, 1.54) is 6.07 Å². The molecule has 0 bridgehead atoms. The van der Waals surface area contributed by atoms with Gasteiger partial charge in [-0.3, -0.25) is 10.1 Å². The van der Waals surface area contributed by atoms with Crippen LogP contribution in [0.25, 0.3) is 5.57 Å². The second kappa shape index (κ2) is 14.2. The molecule has 206 valence electrons. The average Bonchev–Trinajstić information content (AvgIpc) is 3.22. The van der Waals surface area contributed by atoms with Crippen molar-refractivity contribution in [3.05, 3.63) is 73.8 Å². The maximum absolute atomic E-state index is 12.6. The van der Waals surface area contributed by atoms with E-state index in [0.29, 0.717) is 21.4 Å². The number of anilines is 2. The predicted octanol–water partition coefficient (Wildman–Crippen LogP) is 7.86. The molecule has 0 saturated carbocycles. The second-order valence-electron chi connectivity index (χ2n) is 9.88. The van der Waals surface area contributed by atoms with Crippen molar-refractivity contribution in [2.75, 3.05) is 17.6 Å². The molecule has 3 N–H and O–H groups in total. The Bertz CT molecular complexity index is 1210. The van der Waals surface area contributed by atoms with Crippen LogP contribution in [-0.2, 0) is 9.53 Å². The fourth-order valence-corrected chi connectivity index (χ4v) is 4.23. The van der Waals surface area contributed by atoms with Gasteiger partial charge in [-0.05, 0) is 63.3 Å². The number of carbonyl (C=O) groups excluding carboxylic acids is 1. The standard InChI is InChI=1S/C19H22Cl2O2.C9H14N4O2/c1-5-6-12-9-15(14-8-7-13(20)11-17(14)21)16(10-12)18(22)23-19(2,3)4;1-2-3-6-11-8-5-4-7(13(14)15)9(10)12-8/h7-12H,5-6H2,1-4H3;4-5H,2-3,6H2,1H3,(H3,10,11,12). The maximum atomic E-state index is 12.6. The van der Waals surface area contributed by atoms with Gasteiger partial charge < -0.3 is 15.8 Å². The zero-order chi connectivity index (χ0) is 28.5. The van der Waals surface area contributed by atoms with Crippen molar-refractivity contribution in [2.45, 2.75) is 65.9 Å². The number of esters is 1. The van der Waals surface area contributed by atoms with Crippen molar-refractivity contribution in [3.8, 4) is 0 Å². The number of hydrogen-bond acceptors (Lipinski definition) is 7. The van der Waals surface area contributed by atoms with Gasteiger partial charge in [0.15, 0.2) is 0 Å². The Hall–Kier alpha value is -3.10. The summed E-state index contributed by atoms with van der Waals surface area (Å²) in [4.78, 5) is 26.4. The van der Waals surface area contributed by atoms with Crippen LogP contribution in [0.3, 0.4) is 0 Å². The van der Waals surface area contributed by atoms with Crippen LogP contribution in [0.2, 0.25) is 10.0 Å². The molecule has 38 heavy (non-hydrogen) atoms. The predicted molar refractivity (Wildman–Crippen MR) is 155 cm³/mol. The first kappa shape index (κ1) is 31.1. The zero-order valence-corrected chi connectivity index (χ0v) is 24.0. The van der Waals surface area contributed by atoms with Crippen molar-refractivity contribution in [1.29, 1.82) is 0 Å². The maximum Gasteiger partial charge on any atom is 0.338 e. The number of nitro groups is 1. The molecule has 1 atom stereocenters. The van der Waals surface area contributed by atoms with Gasteiger partial charge in [-0.2, -0.15) is 0 Å². The Kier molecular flexibility index (Phi) is 11.6. The molecule has 8 nitrogen and oxygen atoms in total. The van der Waals surface area contributed by atoms with E-state index in [1.807, 2.05) is 32.9 Å². The van der Waals surface area contributed by atoms with Gasteiger partial charge >= 0.3 is 11.7 Å². The summed E-state index contributed by atoms with van der Waals surface area (Å²) < 4.78 is 5.55. The molecule has 0 aliphatic heterocycles. The molecule has 0 fully saturated rings. The number of unbranched alkanes of at least 4 members (excludes halogenated alkanes) is 1. The van der Waals surface area contributed by atoms with Gasteiger partial charge in [-0.1, -0.05) is 68.1 Å². The smallest absolute Gasteiger partial charge is 0.338 e. The summed E-state index contributed by atoms with van der Waals surface area (Å²) in [5.74, 6) is 0.436. The number of nitrogen functional groups attached to an aromatic ring is 1. The molecule has 0 radical (unpaired) electrons. The molecular weight excluding hydrogens is 527 g/mol. The minimum atomic E-state index is -0.543. The van der Waals surface area contributed by atoms with E-state index < -0.39 is 10.5 Å². The molecule has 1 aromatic carbocycles. The molecule has 1 aliphatic carbocycles. The SMILES string of the molecule is CCCC1C=C(C(=O)OC(C)(C)C)C(c2ccc(Cl)cc2Cl)=C1.CCCCNc1ccc([N+](=O)[O-])c(N)n1. The molecule has 0 spiro atoms. The lowest BCUT2D eigenvalue weighted by Gasteiger charge is -2.21. The third-order valence-electron chi connectivity index (χ3n) is 5.45. The quantitative estimate of drug-likeness (QED) is 0.138. The first-order valence-electron chi connectivity index (χ1n) is 12.6. The van der Waals surface area contributed by atoms with E-state index in [0.717, 1.165) is 43.4 Å². The molecule has 2 aromatic rings. The van der Waals surface area contributed by atoms with E-state index in [1.54, 1.807) is 18.2 Å². The normalized spacial score (nSPS) is 14.7. The Morgan fingerprint density at radius 1 is 1.16 bits per heavy atom. The number of halogens is 2. The minimum Gasteiger partial charge on any atom is -0.456 e. The Labute approximate surface area is 234 Å². The molecule has 0 amide bonds. The highest BCUT2D eigenvalue weighted by Crippen LogP contribution is 2.39. The van der Waals surface area contributed by atoms with E-state index in [2.05, 4.69) is 30.2 Å². The lowest BCUT2D eigenvalue weighted by atomic mass is 10.0. The molecule has 1 aliphatic rings. The molecule has 0 saturated heterocycles. The van der Waals surface area contributed by atoms with E-state index in [-0.39, 0.29) is 23.4 Å². The van der Waals surface area contributed by atoms with Gasteiger partial charge in [0.1, 0.15) is 11.4 Å². The average molecular weight is 564 g/mol. The topological polar surface area (TPSA) is 120 Å². The third-order valence-corrected chi connectivity index (χ3v) is 6.00. The van der Waals surface area contributed by atoms with E-state index >= 15 is 0 Å². The van der Waals surface area contributed by atoms with Gasteiger partial charge in [0, 0.05) is 28.2 Å². The second-order valence-corrected chi connectivity index (χ2v) is 10.7. The number of pyridine rings is 1. The number of benzene rings is 1. The van der Waals surface area contributed by atoms with Crippen molar-refractivity contribution in [1.82, 2.24) is 4.98 Å². The zero-order valence-electron chi connectivity index (χ0n) is 22.5. The van der Waals surface area contributed by atoms with Gasteiger partial charge in [0.05, 0.1) is 10.5 Å². The largest absolute Gasteiger partial charge is 0.456 e. The molecule has 10 heteroatoms. The monoisotopic (exact) mass is 562 g/mol. The fourth-order valence-electron chi connectivity index (χ4n) is 3.72. The first-order chi connectivity index (χ1) is 17.9. The number of rotatable bonds is 9. The number of hydrogen-bond donors (Lipinski definition) is 2. The number of aromatic nitrogens is 1. The van der Waals surface area contributed by atoms with Crippen LogP contribution >= 0.6 is 23.2 Å². The summed E-state index contributed by atoms with van der Waals surface area (Å²) in [6, 6.07) is 8.24. The Balaban J connectivity index is 0.000000293. The van der Waals surface area contributed by atoms with Crippen LogP contribution in [0, 0.1) is 16.0 Å². The lowest BCUT2D eigenvalue weighted by molar-refractivity contribution is -0.384. The van der Waals surface area contributed by atoms with Crippen LogP contribution in [-0.4, -0.2) is 28.0 Å². The molecule has 1 aromatic heterocycles. The summed E-state index contributed by atoms with van der Waals surface area (Å²) in [5.41, 5.74) is 6.98. The van der Waals surface area contributed by atoms with Crippen LogP contribution < -0.4 is 11.1 Å². The molecular formula is C28H36Cl2N4O4. The van der Waals surface area contributed by atoms with Crippen molar-refractivity contribution in [2.24, 2.45) is 5.92 Å². The lowest BCUT2D eigenvalue weighted by Crippen LogP contribution is -2.25. The summed E-state index contributed by atoms with van der Waals surface area (Å²) >= 11 is 12.3. The highest BCUT2D eigenvalue weighted by atomic mass is 35.5. The number of nitrogens with one attached hydrogen (secondary N) is 1. The number of carbonyl (C=O) groups is 1. The molecule has 1 heterocycles. The van der Waals surface area contributed by atoms with Gasteiger partial charge in [-0.15, -0.1) is 0 Å². The van der Waals surface area contributed by atoms with Crippen LogP contribution in [0.5, 0.6) is 0 Å². The van der Waals surface area contributed by atoms with E-state index in [9.17, 15) is 14.9 Å². The number of nitrogens with zero attached hydrogens (tertiary/aromatic N) is 2. The fraction of sp³-hybridized carbons (Fsp3) is 0.429. The summed E-state index contributed by atoms with van der Waals surface area (Å²) in [5, 5.41) is 14.6. The number of ether oxygens (including phenoxy) is 1. The van der Waals surface area contributed by atoms with E-state index in [4.69, 9.17) is 33.7 Å². The molecule has 3 rings (SSSR count). The summed E-state index contributed by atoms with van der Waals surface area (Å²) in [6.45, 7) is 10.6. The first-order valence-corrected chi connectivity index (χ1v) is 13.4. The number of allylic oxidation sites excluding steroid dienone is 2. The van der Waals surface area contributed by atoms with Crippen molar-refractivity contribution in [3.63, 3.8) is 0 Å². The Morgan fingerprint density at radius 3 is 2.42 bits per heavy atom. The van der Waals surface area contributed by atoms with Crippen LogP contribution in [0.4, 0.5) is 17.3 Å². The summed E-state index contributed by atoms with van der Waals surface area (Å²) in [6.07, 6.45) is 8.21. The van der Waals surface area contributed by atoms with Gasteiger partial charge in [-0.25, -0.2) is 9.78 Å². The third kappa shape index (κ3) is 9.33. The van der Waals surface area contributed by atoms with Gasteiger partial charge in [0.2, 0.25) is 5.82 Å². The van der Waals surface area contributed by atoms with Crippen molar-refractivity contribution >= 4 is 52.1 Å². The van der Waals surface area contributed by atoms with Crippen LogP contribution in [0.1, 0.15) is 65.9 Å². The molecule has 1 unspecified atom stereocenters.